The van der Waals surface area contributed by atoms with Crippen LogP contribution >= 0.6 is 0 Å². The first-order chi connectivity index (χ1) is 13.2. The number of hydrogen-bond donors (Lipinski definition) is 1. The van der Waals surface area contributed by atoms with Gasteiger partial charge in [-0.3, -0.25) is 0 Å². The fourth-order valence-corrected chi connectivity index (χ4v) is 3.62. The number of benzene rings is 2. The van der Waals surface area contributed by atoms with E-state index in [0.29, 0.717) is 19.7 Å². The van der Waals surface area contributed by atoms with Crippen molar-refractivity contribution in [2.75, 3.05) is 27.4 Å². The van der Waals surface area contributed by atoms with Crippen LogP contribution in [0.15, 0.2) is 48.5 Å². The molecule has 0 spiro atoms. The predicted molar refractivity (Wildman–Crippen MR) is 106 cm³/mol. The van der Waals surface area contributed by atoms with Gasteiger partial charge in [0.2, 0.25) is 0 Å². The Morgan fingerprint density at radius 3 is 2.41 bits per heavy atom. The van der Waals surface area contributed by atoms with Crippen LogP contribution in [0.3, 0.4) is 0 Å². The molecule has 2 aromatic carbocycles. The third-order valence-electron chi connectivity index (χ3n) is 5.00. The minimum Gasteiger partial charge on any atom is -0.496 e. The van der Waals surface area contributed by atoms with Crippen LogP contribution in [-0.2, 0) is 24.1 Å². The molecule has 0 aliphatic heterocycles. The predicted octanol–water partition coefficient (Wildman–Crippen LogP) is 3.41. The van der Waals surface area contributed by atoms with Gasteiger partial charge < -0.3 is 19.7 Å². The van der Waals surface area contributed by atoms with Crippen molar-refractivity contribution in [3.05, 3.63) is 65.2 Å². The van der Waals surface area contributed by atoms with E-state index in [2.05, 4.69) is 29.6 Å². The van der Waals surface area contributed by atoms with E-state index < -0.39 is 0 Å². The van der Waals surface area contributed by atoms with E-state index in [9.17, 15) is 4.79 Å². The first-order valence-electron chi connectivity index (χ1n) is 9.44. The normalized spacial score (nSPS) is 13.3. The highest BCUT2D eigenvalue weighted by molar-refractivity contribution is 5.75. The number of urea groups is 1. The lowest BCUT2D eigenvalue weighted by Crippen LogP contribution is -2.45. The minimum absolute atomic E-state index is 0.0326. The summed E-state index contributed by atoms with van der Waals surface area (Å²) in [5.74, 6) is 0.801. The van der Waals surface area contributed by atoms with Gasteiger partial charge in [0.1, 0.15) is 5.75 Å². The second-order valence-electron chi connectivity index (χ2n) is 6.90. The van der Waals surface area contributed by atoms with E-state index in [-0.39, 0.29) is 12.1 Å². The second-order valence-corrected chi connectivity index (χ2v) is 6.90. The summed E-state index contributed by atoms with van der Waals surface area (Å²) in [6, 6.07) is 16.4. The summed E-state index contributed by atoms with van der Waals surface area (Å²) in [4.78, 5) is 14.8. The average molecular weight is 368 g/mol. The number of amides is 2. The van der Waals surface area contributed by atoms with Crippen molar-refractivity contribution in [1.82, 2.24) is 10.2 Å². The van der Waals surface area contributed by atoms with Crippen molar-refractivity contribution in [2.45, 2.75) is 31.8 Å². The smallest absolute Gasteiger partial charge is 0.317 e. The zero-order chi connectivity index (χ0) is 19.1. The number of carbonyl (C=O) groups is 1. The molecule has 1 aliphatic rings. The molecule has 1 aliphatic carbocycles. The van der Waals surface area contributed by atoms with Crippen molar-refractivity contribution in [1.29, 1.82) is 0 Å². The van der Waals surface area contributed by atoms with Crippen LogP contribution in [0, 0.1) is 0 Å². The highest BCUT2D eigenvalue weighted by Gasteiger charge is 2.25. The van der Waals surface area contributed by atoms with E-state index >= 15 is 0 Å². The topological polar surface area (TPSA) is 50.8 Å². The maximum atomic E-state index is 13.0. The zero-order valence-electron chi connectivity index (χ0n) is 16.1. The van der Waals surface area contributed by atoms with Gasteiger partial charge in [-0.15, -0.1) is 0 Å². The van der Waals surface area contributed by atoms with Gasteiger partial charge >= 0.3 is 6.03 Å². The largest absolute Gasteiger partial charge is 0.496 e. The first-order valence-corrected chi connectivity index (χ1v) is 9.44. The first kappa shape index (κ1) is 19.2. The van der Waals surface area contributed by atoms with Crippen LogP contribution in [0.2, 0.25) is 0 Å². The number of fused-ring (bicyclic) bond motifs is 1. The number of carbonyl (C=O) groups excluding carboxylic acids is 1. The van der Waals surface area contributed by atoms with E-state index in [1.807, 2.05) is 29.2 Å². The summed E-state index contributed by atoms with van der Waals surface area (Å²) in [5.41, 5.74) is 3.67. The molecule has 1 N–H and O–H groups in total. The number of ether oxygens (including phenoxy) is 2. The lowest BCUT2D eigenvalue weighted by Gasteiger charge is -2.26. The summed E-state index contributed by atoms with van der Waals surface area (Å²) in [6.45, 7) is 1.78. The molecule has 5 heteroatoms. The number of methoxy groups -OCH3 is 2. The van der Waals surface area contributed by atoms with Crippen molar-refractivity contribution >= 4 is 6.03 Å². The van der Waals surface area contributed by atoms with Gasteiger partial charge in [0.05, 0.1) is 13.7 Å². The number of para-hydroxylation sites is 1. The molecule has 0 fully saturated rings. The lowest BCUT2D eigenvalue weighted by molar-refractivity contribution is 0.164. The number of rotatable bonds is 8. The molecular weight excluding hydrogens is 340 g/mol. The SMILES string of the molecule is COCCCN(Cc1ccccc1OC)C(=O)NC1Cc2ccccc2C1. The maximum Gasteiger partial charge on any atom is 0.317 e. The Labute approximate surface area is 161 Å². The van der Waals surface area contributed by atoms with Crippen molar-refractivity contribution in [3.63, 3.8) is 0 Å². The van der Waals surface area contributed by atoms with Gasteiger partial charge in [0.15, 0.2) is 0 Å². The van der Waals surface area contributed by atoms with Gasteiger partial charge in [0.25, 0.3) is 0 Å². The Morgan fingerprint density at radius 1 is 1.07 bits per heavy atom. The standard InChI is InChI=1S/C22H28N2O3/c1-26-13-7-12-24(16-19-10-5-6-11-21(19)27-2)22(25)23-20-14-17-8-3-4-9-18(17)15-20/h3-6,8-11,20H,7,12-16H2,1-2H3,(H,23,25). The van der Waals surface area contributed by atoms with Crippen molar-refractivity contribution < 1.29 is 14.3 Å². The summed E-state index contributed by atoms with van der Waals surface area (Å²) in [7, 11) is 3.34. The molecule has 0 bridgehead atoms. The van der Waals surface area contributed by atoms with Gasteiger partial charge in [-0.25, -0.2) is 4.79 Å². The molecule has 0 heterocycles. The average Bonchev–Trinajstić information content (AvgIpc) is 3.10. The molecular formula is C22H28N2O3. The van der Waals surface area contributed by atoms with Crippen LogP contribution in [0.4, 0.5) is 4.79 Å². The fraction of sp³-hybridized carbons (Fsp3) is 0.409. The quantitative estimate of drug-likeness (QED) is 0.727. The van der Waals surface area contributed by atoms with Crippen LogP contribution < -0.4 is 10.1 Å². The summed E-state index contributed by atoms with van der Waals surface area (Å²) in [6.07, 6.45) is 2.58. The van der Waals surface area contributed by atoms with E-state index in [4.69, 9.17) is 9.47 Å². The van der Waals surface area contributed by atoms with Crippen molar-refractivity contribution in [2.24, 2.45) is 0 Å². The number of hydrogen-bond acceptors (Lipinski definition) is 3. The molecule has 0 atom stereocenters. The van der Waals surface area contributed by atoms with E-state index in [1.165, 1.54) is 11.1 Å². The van der Waals surface area contributed by atoms with Crippen molar-refractivity contribution in [3.8, 4) is 5.75 Å². The zero-order valence-corrected chi connectivity index (χ0v) is 16.1. The van der Waals surface area contributed by atoms with Crippen LogP contribution in [0.1, 0.15) is 23.1 Å². The lowest BCUT2D eigenvalue weighted by atomic mass is 10.1. The molecule has 144 valence electrons. The van der Waals surface area contributed by atoms with Crippen LogP contribution in [0.25, 0.3) is 0 Å². The van der Waals surface area contributed by atoms with Crippen LogP contribution in [0.5, 0.6) is 5.75 Å². The summed E-state index contributed by atoms with van der Waals surface area (Å²) >= 11 is 0. The Balaban J connectivity index is 1.66. The van der Waals surface area contributed by atoms with Crippen LogP contribution in [-0.4, -0.2) is 44.3 Å². The van der Waals surface area contributed by atoms with Gasteiger partial charge in [-0.1, -0.05) is 42.5 Å². The number of nitrogens with zero attached hydrogens (tertiary/aromatic N) is 1. The molecule has 2 amide bonds. The molecule has 5 nitrogen and oxygen atoms in total. The Morgan fingerprint density at radius 2 is 1.74 bits per heavy atom. The molecule has 27 heavy (non-hydrogen) atoms. The molecule has 2 aromatic rings. The van der Waals surface area contributed by atoms with Gasteiger partial charge in [-0.05, 0) is 36.5 Å². The maximum absolute atomic E-state index is 13.0. The van der Waals surface area contributed by atoms with Gasteiger partial charge in [0, 0.05) is 31.9 Å². The van der Waals surface area contributed by atoms with E-state index in [0.717, 1.165) is 30.6 Å². The minimum atomic E-state index is -0.0326. The molecule has 0 aromatic heterocycles. The molecule has 0 saturated carbocycles. The monoisotopic (exact) mass is 368 g/mol. The highest BCUT2D eigenvalue weighted by Crippen LogP contribution is 2.23. The third kappa shape index (κ3) is 5.01. The summed E-state index contributed by atoms with van der Waals surface area (Å²) in [5, 5.41) is 3.22. The molecule has 0 unspecified atom stereocenters. The third-order valence-corrected chi connectivity index (χ3v) is 5.00. The summed E-state index contributed by atoms with van der Waals surface area (Å²) < 4.78 is 10.6. The Hall–Kier alpha value is -2.53. The molecule has 3 rings (SSSR count). The number of nitrogens with one attached hydrogen (secondary N) is 1. The Kier molecular flexibility index (Phi) is 6.71. The van der Waals surface area contributed by atoms with Gasteiger partial charge in [-0.2, -0.15) is 0 Å². The fourth-order valence-electron chi connectivity index (χ4n) is 3.62. The molecule has 0 saturated heterocycles. The second kappa shape index (κ2) is 9.42. The highest BCUT2D eigenvalue weighted by atomic mass is 16.5. The van der Waals surface area contributed by atoms with E-state index in [1.54, 1.807) is 14.2 Å². The molecule has 0 radical (unpaired) electrons. The Bertz CT molecular complexity index is 738.